The van der Waals surface area contributed by atoms with Crippen molar-refractivity contribution in [2.45, 2.75) is 20.4 Å². The molecule has 0 atom stereocenters. The van der Waals surface area contributed by atoms with Crippen LogP contribution in [-0.4, -0.2) is 48.4 Å². The van der Waals surface area contributed by atoms with Crippen molar-refractivity contribution in [3.8, 4) is 0 Å². The van der Waals surface area contributed by atoms with Gasteiger partial charge in [-0.3, -0.25) is 10.3 Å². The number of nitrogens with one attached hydrogen (secondary N) is 1. The molecule has 1 aliphatic heterocycles. The van der Waals surface area contributed by atoms with E-state index in [1.807, 2.05) is 12.1 Å². The number of amidine groups is 1. The molecule has 0 aromatic heterocycles. The summed E-state index contributed by atoms with van der Waals surface area (Å²) in [7, 11) is 0. The lowest BCUT2D eigenvalue weighted by molar-refractivity contribution is 0.117. The number of benzene rings is 1. The number of nitrogens with two attached hydrogens (primary N) is 1. The van der Waals surface area contributed by atoms with Crippen LogP contribution in [0.25, 0.3) is 0 Å². The standard InChI is InChI=1S/C16H26N4/c1-13(2)11-19-7-9-20(10-8-19)12-14-3-5-15(6-4-14)16(17)18/h3-6,13H,7-12H2,1-2H3,(H3,17,18). The predicted molar refractivity (Wildman–Crippen MR) is 84.0 cm³/mol. The second-order valence-corrected chi connectivity index (χ2v) is 6.08. The molecule has 0 aliphatic carbocycles. The predicted octanol–water partition coefficient (Wildman–Crippen LogP) is 1.74. The highest BCUT2D eigenvalue weighted by atomic mass is 15.3. The molecule has 1 saturated heterocycles. The lowest BCUT2D eigenvalue weighted by Gasteiger charge is -2.35. The van der Waals surface area contributed by atoms with E-state index < -0.39 is 0 Å². The van der Waals surface area contributed by atoms with Gasteiger partial charge in [0.05, 0.1) is 0 Å². The van der Waals surface area contributed by atoms with Crippen molar-refractivity contribution in [1.82, 2.24) is 9.80 Å². The topological polar surface area (TPSA) is 56.4 Å². The lowest BCUT2D eigenvalue weighted by Crippen LogP contribution is -2.46. The van der Waals surface area contributed by atoms with Gasteiger partial charge in [0.1, 0.15) is 5.84 Å². The smallest absolute Gasteiger partial charge is 0.122 e. The van der Waals surface area contributed by atoms with E-state index in [9.17, 15) is 0 Å². The zero-order valence-corrected chi connectivity index (χ0v) is 12.6. The minimum absolute atomic E-state index is 0.138. The fraction of sp³-hybridized carbons (Fsp3) is 0.562. The normalized spacial score (nSPS) is 17.6. The van der Waals surface area contributed by atoms with Gasteiger partial charge in [-0.15, -0.1) is 0 Å². The molecule has 1 aromatic rings. The highest BCUT2D eigenvalue weighted by molar-refractivity contribution is 5.94. The molecule has 1 heterocycles. The Morgan fingerprint density at radius 1 is 1.10 bits per heavy atom. The minimum atomic E-state index is 0.138. The van der Waals surface area contributed by atoms with Gasteiger partial charge in [-0.25, -0.2) is 0 Å². The van der Waals surface area contributed by atoms with Crippen molar-refractivity contribution < 1.29 is 0 Å². The van der Waals surface area contributed by atoms with Gasteiger partial charge in [-0.2, -0.15) is 0 Å². The van der Waals surface area contributed by atoms with Crippen LogP contribution in [-0.2, 0) is 6.54 Å². The number of hydrogen-bond acceptors (Lipinski definition) is 3. The Bertz CT molecular complexity index is 430. The third-order valence-corrected chi connectivity index (χ3v) is 3.76. The van der Waals surface area contributed by atoms with E-state index in [1.165, 1.54) is 25.2 Å². The van der Waals surface area contributed by atoms with E-state index in [0.717, 1.165) is 31.1 Å². The van der Waals surface area contributed by atoms with Crippen LogP contribution in [0.1, 0.15) is 25.0 Å². The SMILES string of the molecule is CC(C)CN1CCN(Cc2ccc(C(=N)N)cc2)CC1. The molecule has 0 amide bonds. The summed E-state index contributed by atoms with van der Waals surface area (Å²) >= 11 is 0. The molecule has 4 heteroatoms. The summed E-state index contributed by atoms with van der Waals surface area (Å²) in [4.78, 5) is 5.06. The molecule has 1 aliphatic rings. The third kappa shape index (κ3) is 4.32. The van der Waals surface area contributed by atoms with E-state index >= 15 is 0 Å². The summed E-state index contributed by atoms with van der Waals surface area (Å²) < 4.78 is 0. The first-order chi connectivity index (χ1) is 9.54. The fourth-order valence-electron chi connectivity index (χ4n) is 2.69. The van der Waals surface area contributed by atoms with E-state index in [1.54, 1.807) is 0 Å². The van der Waals surface area contributed by atoms with E-state index in [0.29, 0.717) is 0 Å². The monoisotopic (exact) mass is 274 g/mol. The van der Waals surface area contributed by atoms with E-state index in [2.05, 4.69) is 35.8 Å². The zero-order chi connectivity index (χ0) is 14.5. The maximum absolute atomic E-state index is 7.40. The van der Waals surface area contributed by atoms with Gasteiger partial charge in [0, 0.05) is 44.8 Å². The lowest BCUT2D eigenvalue weighted by atomic mass is 10.1. The summed E-state index contributed by atoms with van der Waals surface area (Å²) in [5, 5.41) is 7.40. The Kier molecular flexibility index (Phi) is 5.15. The highest BCUT2D eigenvalue weighted by Gasteiger charge is 2.17. The van der Waals surface area contributed by atoms with Crippen LogP contribution in [0.2, 0.25) is 0 Å². The van der Waals surface area contributed by atoms with Crippen molar-refractivity contribution in [1.29, 1.82) is 5.41 Å². The maximum atomic E-state index is 7.40. The molecule has 3 N–H and O–H groups in total. The van der Waals surface area contributed by atoms with Crippen LogP contribution in [0, 0.1) is 11.3 Å². The molecule has 0 radical (unpaired) electrons. The molecule has 110 valence electrons. The van der Waals surface area contributed by atoms with Gasteiger partial charge < -0.3 is 10.6 Å². The largest absolute Gasteiger partial charge is 0.384 e. The fourth-order valence-corrected chi connectivity index (χ4v) is 2.69. The van der Waals surface area contributed by atoms with Gasteiger partial charge in [-0.05, 0) is 11.5 Å². The zero-order valence-electron chi connectivity index (χ0n) is 12.6. The molecule has 0 bridgehead atoms. The molecular formula is C16H26N4. The summed E-state index contributed by atoms with van der Waals surface area (Å²) in [5.41, 5.74) is 7.57. The Morgan fingerprint density at radius 2 is 1.65 bits per heavy atom. The second-order valence-electron chi connectivity index (χ2n) is 6.08. The van der Waals surface area contributed by atoms with Gasteiger partial charge in [0.15, 0.2) is 0 Å². The maximum Gasteiger partial charge on any atom is 0.122 e. The van der Waals surface area contributed by atoms with Crippen LogP contribution in [0.3, 0.4) is 0 Å². The molecule has 0 spiro atoms. The molecule has 2 rings (SSSR count). The van der Waals surface area contributed by atoms with Crippen LogP contribution < -0.4 is 5.73 Å². The first kappa shape index (κ1) is 15.0. The quantitative estimate of drug-likeness (QED) is 0.635. The number of piperazine rings is 1. The summed E-state index contributed by atoms with van der Waals surface area (Å²) in [5.74, 6) is 0.888. The van der Waals surface area contributed by atoms with Gasteiger partial charge in [-0.1, -0.05) is 38.1 Å². The number of nitrogen functional groups attached to an aromatic ring is 1. The van der Waals surface area contributed by atoms with E-state index in [-0.39, 0.29) is 5.84 Å². The molecule has 0 saturated carbocycles. The first-order valence-electron chi connectivity index (χ1n) is 7.42. The first-order valence-corrected chi connectivity index (χ1v) is 7.42. The van der Waals surface area contributed by atoms with Crippen molar-refractivity contribution >= 4 is 5.84 Å². The third-order valence-electron chi connectivity index (χ3n) is 3.76. The molecule has 1 fully saturated rings. The minimum Gasteiger partial charge on any atom is -0.384 e. The van der Waals surface area contributed by atoms with Crippen LogP contribution >= 0.6 is 0 Å². The molecular weight excluding hydrogens is 248 g/mol. The van der Waals surface area contributed by atoms with Crippen molar-refractivity contribution in [2.24, 2.45) is 11.7 Å². The van der Waals surface area contributed by atoms with Crippen molar-refractivity contribution in [2.75, 3.05) is 32.7 Å². The second kappa shape index (κ2) is 6.86. The van der Waals surface area contributed by atoms with Gasteiger partial charge >= 0.3 is 0 Å². The summed E-state index contributed by atoms with van der Waals surface area (Å²) in [6.07, 6.45) is 0. The number of nitrogens with zero attached hydrogens (tertiary/aromatic N) is 2. The van der Waals surface area contributed by atoms with Crippen molar-refractivity contribution in [3.05, 3.63) is 35.4 Å². The van der Waals surface area contributed by atoms with Crippen LogP contribution in [0.5, 0.6) is 0 Å². The summed E-state index contributed by atoms with van der Waals surface area (Å²) in [6, 6.07) is 8.04. The Labute approximate surface area is 122 Å². The van der Waals surface area contributed by atoms with Crippen LogP contribution in [0.15, 0.2) is 24.3 Å². The average molecular weight is 274 g/mol. The summed E-state index contributed by atoms with van der Waals surface area (Å²) in [6.45, 7) is 11.4. The van der Waals surface area contributed by atoms with Crippen molar-refractivity contribution in [3.63, 3.8) is 0 Å². The molecule has 1 aromatic carbocycles. The Morgan fingerprint density at radius 3 is 2.15 bits per heavy atom. The highest BCUT2D eigenvalue weighted by Crippen LogP contribution is 2.11. The van der Waals surface area contributed by atoms with Gasteiger partial charge in [0.25, 0.3) is 0 Å². The molecule has 4 nitrogen and oxygen atoms in total. The number of hydrogen-bond donors (Lipinski definition) is 2. The average Bonchev–Trinajstić information content (AvgIpc) is 2.41. The Hall–Kier alpha value is -1.39. The molecule has 0 unspecified atom stereocenters. The number of rotatable bonds is 5. The van der Waals surface area contributed by atoms with E-state index in [4.69, 9.17) is 11.1 Å². The molecule has 20 heavy (non-hydrogen) atoms. The van der Waals surface area contributed by atoms with Gasteiger partial charge in [0.2, 0.25) is 0 Å². The Balaban J connectivity index is 1.81. The van der Waals surface area contributed by atoms with Crippen LogP contribution in [0.4, 0.5) is 0 Å².